The summed E-state index contributed by atoms with van der Waals surface area (Å²) in [6.07, 6.45) is 5.90. The first-order valence-corrected chi connectivity index (χ1v) is 9.69. The molecule has 2 N–H and O–H groups in total. The zero-order valence-electron chi connectivity index (χ0n) is 13.9. The number of para-hydroxylation sites is 1. The monoisotopic (exact) mass is 344 g/mol. The molecule has 3 atom stereocenters. The topological polar surface area (TPSA) is 24.1 Å². The Morgan fingerprint density at radius 2 is 1.88 bits per heavy atom. The van der Waals surface area contributed by atoms with Crippen molar-refractivity contribution >= 4 is 28.4 Å². The fourth-order valence-corrected chi connectivity index (χ4v) is 4.96. The van der Waals surface area contributed by atoms with E-state index in [0.29, 0.717) is 17.9 Å². The maximum atomic E-state index is 3.80. The lowest BCUT2D eigenvalue weighted by Gasteiger charge is -2.37. The van der Waals surface area contributed by atoms with Gasteiger partial charge in [0.15, 0.2) is 0 Å². The number of allylic oxidation sites excluding steroid dienone is 2. The van der Waals surface area contributed by atoms with Crippen molar-refractivity contribution < 1.29 is 0 Å². The Morgan fingerprint density at radius 3 is 2.72 bits per heavy atom. The fourth-order valence-electron chi connectivity index (χ4n) is 4.11. The molecule has 2 heterocycles. The number of hydrogen-bond donors (Lipinski definition) is 2. The Kier molecular flexibility index (Phi) is 3.60. The largest absolute Gasteiger partial charge is 0.377 e. The van der Waals surface area contributed by atoms with Crippen LogP contribution in [0.25, 0.3) is 0 Å². The summed E-state index contributed by atoms with van der Waals surface area (Å²) in [5.74, 6) is 1.11. The van der Waals surface area contributed by atoms with Crippen LogP contribution in [-0.2, 0) is 0 Å². The Morgan fingerprint density at radius 1 is 0.960 bits per heavy atom. The number of nitrogens with one attached hydrogen (secondary N) is 2. The van der Waals surface area contributed by atoms with Gasteiger partial charge in [-0.15, -0.1) is 11.3 Å². The van der Waals surface area contributed by atoms with Gasteiger partial charge >= 0.3 is 0 Å². The summed E-state index contributed by atoms with van der Waals surface area (Å²) < 4.78 is 0. The molecular formula is C22H20N2S. The number of fused-ring (bicyclic) bond motifs is 3. The second kappa shape index (κ2) is 6.08. The second-order valence-electron chi connectivity index (χ2n) is 6.78. The predicted octanol–water partition coefficient (Wildman–Crippen LogP) is 6.32. The Hall–Kier alpha value is -2.52. The van der Waals surface area contributed by atoms with Gasteiger partial charge in [0.1, 0.15) is 0 Å². The maximum Gasteiger partial charge on any atom is 0.0646 e. The van der Waals surface area contributed by atoms with E-state index in [-0.39, 0.29) is 0 Å². The maximum absolute atomic E-state index is 3.80. The van der Waals surface area contributed by atoms with Gasteiger partial charge in [0.25, 0.3) is 0 Å². The summed E-state index contributed by atoms with van der Waals surface area (Å²) in [5.41, 5.74) is 4.96. The molecule has 5 rings (SSSR count). The molecule has 0 fully saturated rings. The van der Waals surface area contributed by atoms with Crippen LogP contribution in [0.4, 0.5) is 17.1 Å². The molecule has 2 nitrogen and oxygen atoms in total. The van der Waals surface area contributed by atoms with Crippen LogP contribution in [0.3, 0.4) is 0 Å². The summed E-state index contributed by atoms with van der Waals surface area (Å²) in [4.78, 5) is 1.44. The van der Waals surface area contributed by atoms with Crippen LogP contribution in [0.15, 0.2) is 78.2 Å². The molecule has 3 unspecified atom stereocenters. The molecule has 3 heteroatoms. The number of thiophene rings is 1. The smallest absolute Gasteiger partial charge is 0.0646 e. The third kappa shape index (κ3) is 2.65. The quantitative estimate of drug-likeness (QED) is 0.543. The van der Waals surface area contributed by atoms with Gasteiger partial charge in [-0.05, 0) is 59.7 Å². The second-order valence-corrected chi connectivity index (χ2v) is 7.76. The summed E-state index contributed by atoms with van der Waals surface area (Å²) in [6, 6.07) is 21.9. The highest BCUT2D eigenvalue weighted by Gasteiger charge is 2.38. The molecule has 1 aliphatic carbocycles. The van der Waals surface area contributed by atoms with Crippen molar-refractivity contribution in [1.29, 1.82) is 0 Å². The molecule has 0 spiro atoms. The lowest BCUT2D eigenvalue weighted by molar-refractivity contribution is 0.430. The fraction of sp³-hybridized carbons (Fsp3) is 0.182. The van der Waals surface area contributed by atoms with Crippen LogP contribution >= 0.6 is 11.3 Å². The average Bonchev–Trinajstić information content (AvgIpc) is 3.34. The van der Waals surface area contributed by atoms with E-state index in [0.717, 1.165) is 17.8 Å². The standard InChI is InChI=1S/C22H20N2S/c1-2-6-15(7-3-1)23-16-11-12-20-19(14-16)17-8-4-9-18(17)22(24-20)21-10-5-13-25-21/h1-8,10-14,17-18,22-24H,9H2. The van der Waals surface area contributed by atoms with E-state index in [4.69, 9.17) is 0 Å². The molecular weight excluding hydrogens is 324 g/mol. The summed E-state index contributed by atoms with van der Waals surface area (Å²) >= 11 is 1.86. The highest BCUT2D eigenvalue weighted by molar-refractivity contribution is 7.10. The Balaban J connectivity index is 1.50. The van der Waals surface area contributed by atoms with Gasteiger partial charge in [-0.25, -0.2) is 0 Å². The minimum absolute atomic E-state index is 0.417. The van der Waals surface area contributed by atoms with Crippen molar-refractivity contribution in [2.45, 2.75) is 18.4 Å². The van der Waals surface area contributed by atoms with E-state index in [1.807, 2.05) is 17.4 Å². The highest BCUT2D eigenvalue weighted by Crippen LogP contribution is 2.51. The van der Waals surface area contributed by atoms with E-state index >= 15 is 0 Å². The molecule has 124 valence electrons. The van der Waals surface area contributed by atoms with Gasteiger partial charge in [-0.2, -0.15) is 0 Å². The number of rotatable bonds is 3. The van der Waals surface area contributed by atoms with Crippen molar-refractivity contribution in [1.82, 2.24) is 0 Å². The molecule has 2 aliphatic rings. The van der Waals surface area contributed by atoms with Crippen LogP contribution in [0, 0.1) is 5.92 Å². The first kappa shape index (κ1) is 14.8. The normalized spacial score (nSPS) is 23.6. The molecule has 1 aliphatic heterocycles. The third-order valence-corrected chi connectivity index (χ3v) is 6.23. The molecule has 0 radical (unpaired) electrons. The minimum atomic E-state index is 0.417. The van der Waals surface area contributed by atoms with Crippen LogP contribution in [0.1, 0.15) is 28.8 Å². The number of hydrogen-bond acceptors (Lipinski definition) is 3. The van der Waals surface area contributed by atoms with Crippen molar-refractivity contribution in [3.05, 3.63) is 88.6 Å². The van der Waals surface area contributed by atoms with Crippen molar-refractivity contribution in [3.63, 3.8) is 0 Å². The summed E-state index contributed by atoms with van der Waals surface area (Å²) in [7, 11) is 0. The Bertz CT molecular complexity index is 899. The Labute approximate surface area is 152 Å². The van der Waals surface area contributed by atoms with E-state index in [1.165, 1.54) is 16.1 Å². The predicted molar refractivity (Wildman–Crippen MR) is 107 cm³/mol. The van der Waals surface area contributed by atoms with Gasteiger partial charge < -0.3 is 10.6 Å². The van der Waals surface area contributed by atoms with E-state index < -0.39 is 0 Å². The summed E-state index contributed by atoms with van der Waals surface area (Å²) in [6.45, 7) is 0. The van der Waals surface area contributed by atoms with E-state index in [9.17, 15) is 0 Å². The minimum Gasteiger partial charge on any atom is -0.377 e. The lowest BCUT2D eigenvalue weighted by Crippen LogP contribution is -2.28. The van der Waals surface area contributed by atoms with Crippen molar-refractivity contribution in [2.75, 3.05) is 10.6 Å². The van der Waals surface area contributed by atoms with Crippen molar-refractivity contribution in [3.8, 4) is 0 Å². The van der Waals surface area contributed by atoms with Crippen LogP contribution in [0.5, 0.6) is 0 Å². The molecule has 0 amide bonds. The lowest BCUT2D eigenvalue weighted by atomic mass is 9.79. The van der Waals surface area contributed by atoms with Gasteiger partial charge in [0.2, 0.25) is 0 Å². The first-order chi connectivity index (χ1) is 12.4. The molecule has 0 saturated carbocycles. The average molecular weight is 344 g/mol. The summed E-state index contributed by atoms with van der Waals surface area (Å²) in [5, 5.41) is 9.50. The molecule has 0 saturated heterocycles. The molecule has 3 aromatic rings. The highest BCUT2D eigenvalue weighted by atomic mass is 32.1. The zero-order chi connectivity index (χ0) is 16.6. The first-order valence-electron chi connectivity index (χ1n) is 8.81. The van der Waals surface area contributed by atoms with Gasteiger partial charge in [-0.3, -0.25) is 0 Å². The van der Waals surface area contributed by atoms with Crippen LogP contribution in [0.2, 0.25) is 0 Å². The molecule has 1 aromatic heterocycles. The van der Waals surface area contributed by atoms with E-state index in [1.54, 1.807) is 0 Å². The number of benzene rings is 2. The van der Waals surface area contributed by atoms with Crippen LogP contribution in [-0.4, -0.2) is 0 Å². The van der Waals surface area contributed by atoms with Gasteiger partial charge in [0, 0.05) is 27.9 Å². The van der Waals surface area contributed by atoms with E-state index in [2.05, 4.69) is 82.8 Å². The third-order valence-electron chi connectivity index (χ3n) is 5.27. The molecule has 2 aromatic carbocycles. The van der Waals surface area contributed by atoms with Crippen LogP contribution < -0.4 is 10.6 Å². The molecule has 25 heavy (non-hydrogen) atoms. The van der Waals surface area contributed by atoms with Crippen molar-refractivity contribution in [2.24, 2.45) is 5.92 Å². The number of anilines is 3. The van der Waals surface area contributed by atoms with Gasteiger partial charge in [0.05, 0.1) is 6.04 Å². The molecule has 0 bridgehead atoms. The SMILES string of the molecule is C1=CC2c3cc(Nc4ccccc4)ccc3NC(c3cccs3)C2C1. The van der Waals surface area contributed by atoms with Gasteiger partial charge in [-0.1, -0.05) is 36.4 Å². The zero-order valence-corrected chi connectivity index (χ0v) is 14.7.